The highest BCUT2D eigenvalue weighted by atomic mass is 35.5. The van der Waals surface area contributed by atoms with Crippen LogP contribution < -0.4 is 4.74 Å². The van der Waals surface area contributed by atoms with Crippen molar-refractivity contribution in [3.8, 4) is 17.1 Å². The number of carbonyl (C=O) groups excluding carboxylic acids is 3. The second-order valence-corrected chi connectivity index (χ2v) is 6.80. The fraction of sp³-hybridized carbons (Fsp3) is 0.167. The van der Waals surface area contributed by atoms with Gasteiger partial charge in [0.05, 0.1) is 24.1 Å². The van der Waals surface area contributed by atoms with Gasteiger partial charge in [0.1, 0.15) is 23.8 Å². The number of furan rings is 1. The van der Waals surface area contributed by atoms with Crippen molar-refractivity contribution in [1.82, 2.24) is 4.90 Å². The van der Waals surface area contributed by atoms with E-state index in [0.717, 1.165) is 22.2 Å². The number of amides is 2. The van der Waals surface area contributed by atoms with Gasteiger partial charge in [-0.3, -0.25) is 19.3 Å². The van der Waals surface area contributed by atoms with Crippen molar-refractivity contribution in [1.29, 1.82) is 0 Å². The molecule has 1 aliphatic rings. The normalized spacial score (nSPS) is 15.5. The first-order valence-corrected chi connectivity index (χ1v) is 8.88. The van der Waals surface area contributed by atoms with Crippen LogP contribution in [0.3, 0.4) is 0 Å². The van der Waals surface area contributed by atoms with Gasteiger partial charge in [-0.25, -0.2) is 0 Å². The van der Waals surface area contributed by atoms with Crippen molar-refractivity contribution < 1.29 is 28.3 Å². The number of halogens is 1. The largest absolute Gasteiger partial charge is 0.495 e. The summed E-state index contributed by atoms with van der Waals surface area (Å²) in [6, 6.07) is 8.60. The molecule has 1 aromatic heterocycles. The average Bonchev–Trinajstić information content (AvgIpc) is 3.22. The highest BCUT2D eigenvalue weighted by molar-refractivity contribution is 8.18. The Kier molecular flexibility index (Phi) is 5.57. The van der Waals surface area contributed by atoms with Crippen LogP contribution in [0, 0.1) is 0 Å². The second-order valence-electron chi connectivity index (χ2n) is 5.40. The third kappa shape index (κ3) is 4.01. The fourth-order valence-corrected chi connectivity index (χ4v) is 3.44. The van der Waals surface area contributed by atoms with Crippen molar-refractivity contribution in [2.24, 2.45) is 0 Å². The average molecular weight is 408 g/mol. The van der Waals surface area contributed by atoms with E-state index in [4.69, 9.17) is 20.8 Å². The molecule has 0 aliphatic carbocycles. The maximum Gasteiger partial charge on any atom is 0.325 e. The molecule has 2 aromatic rings. The standard InChI is InChI=1S/C18H14ClNO6S/c1-24-14-5-3-10(7-12(14)19)13-6-4-11(26-13)8-15-17(22)20(18(23)27-15)9-16(21)25-2/h3-8H,9H2,1-2H3/b15-8-. The topological polar surface area (TPSA) is 86.1 Å². The van der Waals surface area contributed by atoms with Crippen molar-refractivity contribution in [2.45, 2.75) is 0 Å². The summed E-state index contributed by atoms with van der Waals surface area (Å²) >= 11 is 6.86. The molecule has 0 saturated carbocycles. The van der Waals surface area contributed by atoms with Gasteiger partial charge < -0.3 is 13.9 Å². The minimum Gasteiger partial charge on any atom is -0.495 e. The first-order chi connectivity index (χ1) is 12.9. The van der Waals surface area contributed by atoms with Gasteiger partial charge in [-0.2, -0.15) is 0 Å². The molecule has 7 nitrogen and oxygen atoms in total. The summed E-state index contributed by atoms with van der Waals surface area (Å²) in [6.45, 7) is -0.424. The van der Waals surface area contributed by atoms with Crippen molar-refractivity contribution in [2.75, 3.05) is 20.8 Å². The molecule has 140 valence electrons. The Labute approximate surface area is 163 Å². The van der Waals surface area contributed by atoms with Crippen LogP contribution >= 0.6 is 23.4 Å². The van der Waals surface area contributed by atoms with E-state index < -0.39 is 23.7 Å². The summed E-state index contributed by atoms with van der Waals surface area (Å²) in [5.41, 5.74) is 0.735. The molecule has 0 spiro atoms. The first-order valence-electron chi connectivity index (χ1n) is 7.69. The molecular weight excluding hydrogens is 394 g/mol. The van der Waals surface area contributed by atoms with Crippen LogP contribution in [-0.4, -0.2) is 42.8 Å². The van der Waals surface area contributed by atoms with Gasteiger partial charge in [-0.05, 0) is 42.1 Å². The molecule has 0 unspecified atom stereocenters. The SMILES string of the molecule is COC(=O)CN1C(=O)S/C(=C\c2ccc(-c3ccc(OC)c(Cl)c3)o2)C1=O. The van der Waals surface area contributed by atoms with Crippen LogP contribution in [-0.2, 0) is 14.3 Å². The number of methoxy groups -OCH3 is 2. The van der Waals surface area contributed by atoms with E-state index in [-0.39, 0.29) is 4.91 Å². The lowest BCUT2D eigenvalue weighted by Gasteiger charge is -2.09. The van der Waals surface area contributed by atoms with E-state index in [1.54, 1.807) is 30.3 Å². The van der Waals surface area contributed by atoms with Crippen molar-refractivity contribution >= 4 is 46.6 Å². The molecule has 0 N–H and O–H groups in total. The Bertz CT molecular complexity index is 951. The molecule has 1 fully saturated rings. The minimum atomic E-state index is -0.671. The maximum absolute atomic E-state index is 12.3. The molecule has 2 amide bonds. The highest BCUT2D eigenvalue weighted by Crippen LogP contribution is 2.34. The number of hydrogen-bond acceptors (Lipinski definition) is 7. The third-order valence-corrected chi connectivity index (χ3v) is 4.93. The monoisotopic (exact) mass is 407 g/mol. The number of esters is 1. The Morgan fingerprint density at radius 3 is 2.70 bits per heavy atom. The molecule has 1 saturated heterocycles. The van der Waals surface area contributed by atoms with Gasteiger partial charge in [-0.1, -0.05) is 11.6 Å². The van der Waals surface area contributed by atoms with Crippen LogP contribution in [0.2, 0.25) is 5.02 Å². The molecule has 0 radical (unpaired) electrons. The number of ether oxygens (including phenoxy) is 2. The molecule has 1 aromatic carbocycles. The van der Waals surface area contributed by atoms with E-state index in [9.17, 15) is 14.4 Å². The van der Waals surface area contributed by atoms with Crippen molar-refractivity contribution in [3.05, 3.63) is 46.0 Å². The number of thioether (sulfide) groups is 1. The van der Waals surface area contributed by atoms with Gasteiger partial charge in [0.25, 0.3) is 11.1 Å². The number of imide groups is 1. The number of nitrogens with zero attached hydrogens (tertiary/aromatic N) is 1. The number of benzene rings is 1. The molecule has 9 heteroatoms. The van der Waals surface area contributed by atoms with Crippen LogP contribution in [0.4, 0.5) is 4.79 Å². The maximum atomic E-state index is 12.3. The van der Waals surface area contributed by atoms with Gasteiger partial charge in [0, 0.05) is 11.6 Å². The second kappa shape index (κ2) is 7.89. The number of hydrogen-bond donors (Lipinski definition) is 0. The van der Waals surface area contributed by atoms with E-state index in [2.05, 4.69) is 4.74 Å². The predicted molar refractivity (Wildman–Crippen MR) is 100 cm³/mol. The first kappa shape index (κ1) is 19.1. The number of rotatable bonds is 5. The Morgan fingerprint density at radius 1 is 1.26 bits per heavy atom. The summed E-state index contributed by atoms with van der Waals surface area (Å²) in [5.74, 6) is 0.239. The minimum absolute atomic E-state index is 0.164. The smallest absolute Gasteiger partial charge is 0.325 e. The van der Waals surface area contributed by atoms with Gasteiger partial charge in [0.15, 0.2) is 0 Å². The van der Waals surface area contributed by atoms with Crippen LogP contribution in [0.1, 0.15) is 5.76 Å². The zero-order valence-corrected chi connectivity index (χ0v) is 15.9. The van der Waals surface area contributed by atoms with Gasteiger partial charge in [0.2, 0.25) is 0 Å². The Balaban J connectivity index is 1.81. The number of carbonyl (C=O) groups is 3. The van der Waals surface area contributed by atoms with E-state index in [0.29, 0.717) is 22.3 Å². The summed E-state index contributed by atoms with van der Waals surface area (Å²) in [7, 11) is 2.71. The quantitative estimate of drug-likeness (QED) is 0.550. The van der Waals surface area contributed by atoms with Crippen LogP contribution in [0.25, 0.3) is 17.4 Å². The third-order valence-electron chi connectivity index (χ3n) is 3.72. The van der Waals surface area contributed by atoms with E-state index in [1.807, 2.05) is 0 Å². The molecule has 3 rings (SSSR count). The lowest BCUT2D eigenvalue weighted by atomic mass is 10.2. The summed E-state index contributed by atoms with van der Waals surface area (Å²) < 4.78 is 15.3. The molecule has 27 heavy (non-hydrogen) atoms. The zero-order chi connectivity index (χ0) is 19.6. The fourth-order valence-electron chi connectivity index (χ4n) is 2.36. The molecule has 0 bridgehead atoms. The summed E-state index contributed by atoms with van der Waals surface area (Å²) in [4.78, 5) is 36.5. The highest BCUT2D eigenvalue weighted by Gasteiger charge is 2.36. The van der Waals surface area contributed by atoms with Crippen LogP contribution in [0.5, 0.6) is 5.75 Å². The Hall–Kier alpha value is -2.71. The van der Waals surface area contributed by atoms with Gasteiger partial charge in [-0.15, -0.1) is 0 Å². The predicted octanol–water partition coefficient (Wildman–Crippen LogP) is 3.82. The van der Waals surface area contributed by atoms with Crippen molar-refractivity contribution in [3.63, 3.8) is 0 Å². The van der Waals surface area contributed by atoms with E-state index in [1.165, 1.54) is 20.3 Å². The van der Waals surface area contributed by atoms with Gasteiger partial charge >= 0.3 is 5.97 Å². The molecule has 1 aliphatic heterocycles. The lowest BCUT2D eigenvalue weighted by molar-refractivity contribution is -0.143. The molecular formula is C18H14ClNO6S. The lowest BCUT2D eigenvalue weighted by Crippen LogP contribution is -2.34. The Morgan fingerprint density at radius 2 is 2.04 bits per heavy atom. The zero-order valence-electron chi connectivity index (χ0n) is 14.4. The molecule has 2 heterocycles. The summed E-state index contributed by atoms with van der Waals surface area (Å²) in [5, 5.41) is -0.0951. The van der Waals surface area contributed by atoms with Crippen LogP contribution in [0.15, 0.2) is 39.7 Å². The van der Waals surface area contributed by atoms with E-state index >= 15 is 0 Å². The summed E-state index contributed by atoms with van der Waals surface area (Å²) in [6.07, 6.45) is 1.46. The molecule has 0 atom stereocenters.